The van der Waals surface area contributed by atoms with Crippen LogP contribution in [0.3, 0.4) is 0 Å². The van der Waals surface area contributed by atoms with Gasteiger partial charge >= 0.3 is 0 Å². The number of carbonyl (C=O) groups excluding carboxylic acids is 2. The van der Waals surface area contributed by atoms with Gasteiger partial charge in [-0.05, 0) is 75.6 Å². The van der Waals surface area contributed by atoms with E-state index in [9.17, 15) is 14.9 Å². The average molecular weight is 495 g/mol. The Balaban J connectivity index is 1.51. The molecule has 8 nitrogen and oxygen atoms in total. The molecule has 0 bridgehead atoms. The van der Waals surface area contributed by atoms with E-state index in [2.05, 4.69) is 38.8 Å². The molecule has 0 atom stereocenters. The van der Waals surface area contributed by atoms with Gasteiger partial charge in [0.15, 0.2) is 0 Å². The third kappa shape index (κ3) is 6.01. The van der Waals surface area contributed by atoms with Gasteiger partial charge in [-0.25, -0.2) is 9.97 Å². The fourth-order valence-electron chi connectivity index (χ4n) is 3.97. The molecule has 4 rings (SSSR count). The molecule has 0 saturated carbocycles. The average Bonchev–Trinajstić information content (AvgIpc) is 2.90. The second kappa shape index (κ2) is 10.6. The van der Waals surface area contributed by atoms with Gasteiger partial charge in [0.25, 0.3) is 11.8 Å². The lowest BCUT2D eigenvalue weighted by atomic mass is 9.85. The molecule has 0 aliphatic carbocycles. The molecule has 1 aliphatic rings. The number of hydrogen-bond acceptors (Lipinski definition) is 6. The lowest BCUT2D eigenvalue weighted by Crippen LogP contribution is -2.29. The van der Waals surface area contributed by atoms with E-state index in [-0.39, 0.29) is 17.5 Å². The van der Waals surface area contributed by atoms with Gasteiger partial charge in [0, 0.05) is 35.7 Å². The van der Waals surface area contributed by atoms with E-state index in [0.29, 0.717) is 35.1 Å². The summed E-state index contributed by atoms with van der Waals surface area (Å²) in [5.41, 5.74) is 3.45. The molecule has 1 aromatic heterocycles. The quantitative estimate of drug-likeness (QED) is 0.458. The van der Waals surface area contributed by atoms with Gasteiger partial charge in [-0.2, -0.15) is 5.26 Å². The maximum atomic E-state index is 13.1. The van der Waals surface area contributed by atoms with Crippen molar-refractivity contribution in [1.29, 1.82) is 5.26 Å². The second-order valence-electron chi connectivity index (χ2n) is 9.66. The van der Waals surface area contributed by atoms with Gasteiger partial charge in [-0.1, -0.05) is 30.4 Å². The molecule has 2 amide bonds. The maximum Gasteiger partial charge on any atom is 0.274 e. The Hall–Kier alpha value is -4.51. The van der Waals surface area contributed by atoms with Crippen LogP contribution in [0.15, 0.2) is 60.7 Å². The summed E-state index contributed by atoms with van der Waals surface area (Å²) < 4.78 is 0. The van der Waals surface area contributed by atoms with Crippen LogP contribution in [0.2, 0.25) is 0 Å². The third-order valence-electron chi connectivity index (χ3n) is 6.29. The van der Waals surface area contributed by atoms with Crippen molar-refractivity contribution in [2.45, 2.75) is 39.5 Å². The molecular weight excluding hydrogens is 464 g/mol. The number of nitriles is 1. The van der Waals surface area contributed by atoms with Crippen molar-refractivity contribution in [1.82, 2.24) is 9.97 Å². The fraction of sp³-hybridized carbons (Fsp3) is 0.276. The van der Waals surface area contributed by atoms with Gasteiger partial charge in [0.1, 0.15) is 5.69 Å². The van der Waals surface area contributed by atoms with Crippen LogP contribution >= 0.6 is 0 Å². The minimum absolute atomic E-state index is 0.280. The summed E-state index contributed by atoms with van der Waals surface area (Å²) in [5.74, 6) is -0.116. The molecule has 0 fully saturated rings. The lowest BCUT2D eigenvalue weighted by molar-refractivity contribution is 0.101. The van der Waals surface area contributed by atoms with Crippen molar-refractivity contribution in [3.63, 3.8) is 0 Å². The Morgan fingerprint density at radius 1 is 1.00 bits per heavy atom. The molecule has 0 spiro atoms. The predicted octanol–water partition coefficient (Wildman–Crippen LogP) is 5.17. The Kier molecular flexibility index (Phi) is 7.35. The number of rotatable bonds is 6. The number of hydrogen-bond donors (Lipinski definition) is 2. The van der Waals surface area contributed by atoms with Gasteiger partial charge in [0.05, 0.1) is 11.5 Å². The van der Waals surface area contributed by atoms with E-state index in [0.717, 1.165) is 24.1 Å². The zero-order valence-corrected chi connectivity index (χ0v) is 21.5. The normalized spacial score (nSPS) is 13.1. The summed E-state index contributed by atoms with van der Waals surface area (Å²) in [4.78, 5) is 37.1. The first-order valence-electron chi connectivity index (χ1n) is 12.2. The molecule has 2 heterocycles. The lowest BCUT2D eigenvalue weighted by Gasteiger charge is -2.23. The molecule has 3 aromatic rings. The highest BCUT2D eigenvalue weighted by Crippen LogP contribution is 2.25. The Morgan fingerprint density at radius 3 is 2.54 bits per heavy atom. The van der Waals surface area contributed by atoms with Gasteiger partial charge in [-0.3, -0.25) is 9.59 Å². The highest BCUT2D eigenvalue weighted by Gasteiger charge is 2.21. The Morgan fingerprint density at radius 2 is 1.81 bits per heavy atom. The Bertz CT molecular complexity index is 1420. The van der Waals surface area contributed by atoms with E-state index in [1.165, 1.54) is 0 Å². The van der Waals surface area contributed by atoms with E-state index < -0.39 is 5.41 Å². The summed E-state index contributed by atoms with van der Waals surface area (Å²) in [7, 11) is 0. The molecule has 2 N–H and O–H groups in total. The minimum atomic E-state index is -0.707. The highest BCUT2D eigenvalue weighted by molar-refractivity contribution is 6.06. The van der Waals surface area contributed by atoms with Crippen molar-refractivity contribution >= 4 is 29.1 Å². The summed E-state index contributed by atoms with van der Waals surface area (Å²) in [6.07, 6.45) is 5.11. The van der Waals surface area contributed by atoms with E-state index in [1.54, 1.807) is 36.4 Å². The third-order valence-corrected chi connectivity index (χ3v) is 6.29. The van der Waals surface area contributed by atoms with E-state index in [1.807, 2.05) is 44.7 Å². The predicted molar refractivity (Wildman–Crippen MR) is 145 cm³/mol. The van der Waals surface area contributed by atoms with Crippen LogP contribution < -0.4 is 15.5 Å². The zero-order chi connectivity index (χ0) is 26.6. The first-order chi connectivity index (χ1) is 17.7. The SMILES string of the molecule is Cc1cc(C(=O)Nc2cc(NC(=O)c3cccc(C(C)(C)C#N)c3)ccc2C)nc(N2CC=CCC2)n1. The number of aryl methyl sites for hydroxylation is 2. The summed E-state index contributed by atoms with van der Waals surface area (Å²) in [6.45, 7) is 8.86. The van der Waals surface area contributed by atoms with Crippen LogP contribution in [-0.4, -0.2) is 34.9 Å². The molecule has 0 unspecified atom stereocenters. The van der Waals surface area contributed by atoms with Crippen LogP contribution in [0.5, 0.6) is 0 Å². The molecule has 8 heteroatoms. The van der Waals surface area contributed by atoms with E-state index >= 15 is 0 Å². The van der Waals surface area contributed by atoms with Crippen molar-refractivity contribution in [3.8, 4) is 6.07 Å². The number of nitrogens with one attached hydrogen (secondary N) is 2. The standard InChI is InChI=1S/C29H30N6O2/c1-19-11-12-23(32-26(36)21-9-8-10-22(16-21)29(3,4)18-30)17-24(19)33-27(37)25-15-20(2)31-28(34-25)35-13-6-5-7-14-35/h5-6,8-12,15-17H,7,13-14H2,1-4H3,(H,32,36)(H,33,37). The maximum absolute atomic E-state index is 13.1. The smallest absolute Gasteiger partial charge is 0.274 e. The summed E-state index contributed by atoms with van der Waals surface area (Å²) in [6, 6.07) is 16.3. The van der Waals surface area contributed by atoms with Gasteiger partial charge < -0.3 is 15.5 Å². The van der Waals surface area contributed by atoms with Crippen molar-refractivity contribution in [2.24, 2.45) is 0 Å². The molecule has 2 aromatic carbocycles. The summed E-state index contributed by atoms with van der Waals surface area (Å²) in [5, 5.41) is 15.2. The Labute approximate surface area is 217 Å². The molecular formula is C29H30N6O2. The minimum Gasteiger partial charge on any atom is -0.337 e. The van der Waals surface area contributed by atoms with Crippen LogP contribution in [0.1, 0.15) is 57.9 Å². The first kappa shape index (κ1) is 25.6. The molecule has 188 valence electrons. The van der Waals surface area contributed by atoms with Crippen LogP contribution in [0.4, 0.5) is 17.3 Å². The van der Waals surface area contributed by atoms with Crippen LogP contribution in [0.25, 0.3) is 0 Å². The van der Waals surface area contributed by atoms with Crippen molar-refractivity contribution in [3.05, 3.63) is 88.8 Å². The van der Waals surface area contributed by atoms with E-state index in [4.69, 9.17) is 0 Å². The number of nitrogens with zero attached hydrogens (tertiary/aromatic N) is 4. The number of amides is 2. The van der Waals surface area contributed by atoms with Crippen molar-refractivity contribution < 1.29 is 9.59 Å². The topological polar surface area (TPSA) is 111 Å². The number of carbonyl (C=O) groups is 2. The van der Waals surface area contributed by atoms with Crippen molar-refractivity contribution in [2.75, 3.05) is 28.6 Å². The molecule has 37 heavy (non-hydrogen) atoms. The number of benzene rings is 2. The summed E-state index contributed by atoms with van der Waals surface area (Å²) >= 11 is 0. The molecule has 0 saturated heterocycles. The number of anilines is 3. The number of aromatic nitrogens is 2. The van der Waals surface area contributed by atoms with Gasteiger partial charge in [-0.15, -0.1) is 0 Å². The second-order valence-corrected chi connectivity index (χ2v) is 9.66. The monoisotopic (exact) mass is 494 g/mol. The first-order valence-corrected chi connectivity index (χ1v) is 12.2. The fourth-order valence-corrected chi connectivity index (χ4v) is 3.97. The highest BCUT2D eigenvalue weighted by atomic mass is 16.2. The van der Waals surface area contributed by atoms with Crippen LogP contribution in [0, 0.1) is 25.2 Å². The van der Waals surface area contributed by atoms with Crippen LogP contribution in [-0.2, 0) is 5.41 Å². The van der Waals surface area contributed by atoms with Gasteiger partial charge in [0.2, 0.25) is 5.95 Å². The largest absolute Gasteiger partial charge is 0.337 e. The molecule has 1 aliphatic heterocycles. The zero-order valence-electron chi connectivity index (χ0n) is 21.5. The molecule has 0 radical (unpaired) electrons.